The first-order valence-corrected chi connectivity index (χ1v) is 11.7. The fraction of sp³-hybridized carbons (Fsp3) is 0.520. The zero-order valence-electron chi connectivity index (χ0n) is 19.5. The minimum atomic E-state index is -0.340. The SMILES string of the molecule is Cc1c(CCN2CCC3(CC2)C[C@H](C)N(c2ccc(=O)n(C)n2)C3=O)ccc2c1COC2=O. The highest BCUT2D eigenvalue weighted by Crippen LogP contribution is 2.45. The second-order valence-corrected chi connectivity index (χ2v) is 9.71. The van der Waals surface area contributed by atoms with Crippen LogP contribution < -0.4 is 10.5 Å². The lowest BCUT2D eigenvalue weighted by Gasteiger charge is -2.38. The third-order valence-electron chi connectivity index (χ3n) is 7.78. The van der Waals surface area contributed by atoms with Crippen LogP contribution in [0.4, 0.5) is 5.82 Å². The number of rotatable bonds is 4. The van der Waals surface area contributed by atoms with Crippen LogP contribution in [-0.2, 0) is 29.6 Å². The van der Waals surface area contributed by atoms with Crippen molar-refractivity contribution in [3.8, 4) is 0 Å². The highest BCUT2D eigenvalue weighted by atomic mass is 16.5. The van der Waals surface area contributed by atoms with Crippen molar-refractivity contribution in [2.45, 2.75) is 52.2 Å². The minimum Gasteiger partial charge on any atom is -0.457 e. The molecule has 4 heterocycles. The standard InChI is InChI=1S/C25H30N4O4/c1-16-14-25(24(32)29(16)21-6-7-22(30)27(3)26-21)9-12-28(13-10-25)11-8-18-4-5-19-20(17(18)2)15-33-23(19)31/h4-7,16H,8-15H2,1-3H3/t16-/m0/s1. The number of carbonyl (C=O) groups is 2. The van der Waals surface area contributed by atoms with Crippen molar-refractivity contribution in [2.75, 3.05) is 24.5 Å². The molecule has 0 bridgehead atoms. The quantitative estimate of drug-likeness (QED) is 0.664. The summed E-state index contributed by atoms with van der Waals surface area (Å²) in [5, 5.41) is 4.32. The van der Waals surface area contributed by atoms with E-state index in [-0.39, 0.29) is 28.9 Å². The van der Waals surface area contributed by atoms with Crippen molar-refractivity contribution >= 4 is 17.7 Å². The Bertz CT molecular complexity index is 1180. The number of piperidine rings is 1. The lowest BCUT2D eigenvalue weighted by atomic mass is 9.76. The Morgan fingerprint density at radius 2 is 1.88 bits per heavy atom. The number of likely N-dealkylation sites (tertiary alicyclic amines) is 1. The second kappa shape index (κ2) is 8.09. The lowest BCUT2D eigenvalue weighted by molar-refractivity contribution is -0.128. The summed E-state index contributed by atoms with van der Waals surface area (Å²) in [5.41, 5.74) is 3.61. The number of carbonyl (C=O) groups excluding carboxylic acids is 2. The Morgan fingerprint density at radius 3 is 2.61 bits per heavy atom. The summed E-state index contributed by atoms with van der Waals surface area (Å²) < 4.78 is 6.46. The first-order chi connectivity index (χ1) is 15.8. The van der Waals surface area contributed by atoms with Crippen molar-refractivity contribution < 1.29 is 14.3 Å². The van der Waals surface area contributed by atoms with Gasteiger partial charge in [0, 0.05) is 31.3 Å². The van der Waals surface area contributed by atoms with Gasteiger partial charge in [-0.3, -0.25) is 14.5 Å². The van der Waals surface area contributed by atoms with Gasteiger partial charge in [-0.2, -0.15) is 5.10 Å². The van der Waals surface area contributed by atoms with E-state index >= 15 is 0 Å². The average Bonchev–Trinajstić information content (AvgIpc) is 3.28. The molecule has 2 fully saturated rings. The normalized spacial score (nSPS) is 22.2. The van der Waals surface area contributed by atoms with Gasteiger partial charge in [-0.15, -0.1) is 0 Å². The van der Waals surface area contributed by atoms with Gasteiger partial charge in [0.05, 0.1) is 11.0 Å². The van der Waals surface area contributed by atoms with E-state index in [1.54, 1.807) is 18.0 Å². The van der Waals surface area contributed by atoms with E-state index in [0.29, 0.717) is 18.0 Å². The molecule has 1 aromatic carbocycles. The molecule has 3 aliphatic heterocycles. The monoisotopic (exact) mass is 450 g/mol. The molecule has 0 N–H and O–H groups in total. The Balaban J connectivity index is 1.23. The summed E-state index contributed by atoms with van der Waals surface area (Å²) in [4.78, 5) is 41.2. The van der Waals surface area contributed by atoms with E-state index < -0.39 is 0 Å². The molecular formula is C25H30N4O4. The number of anilines is 1. The van der Waals surface area contributed by atoms with Crippen LogP contribution in [0.25, 0.3) is 0 Å². The molecule has 8 heteroatoms. The second-order valence-electron chi connectivity index (χ2n) is 9.71. The molecule has 5 rings (SSSR count). The fourth-order valence-electron chi connectivity index (χ4n) is 5.72. The molecular weight excluding hydrogens is 420 g/mol. The Kier molecular flexibility index (Phi) is 5.35. The van der Waals surface area contributed by atoms with E-state index in [9.17, 15) is 14.4 Å². The van der Waals surface area contributed by atoms with Crippen LogP contribution in [0.1, 0.15) is 53.2 Å². The molecule has 1 amide bonds. The zero-order valence-corrected chi connectivity index (χ0v) is 19.5. The van der Waals surface area contributed by atoms with Crippen LogP contribution in [0.5, 0.6) is 0 Å². The van der Waals surface area contributed by atoms with E-state index in [1.165, 1.54) is 16.3 Å². The summed E-state index contributed by atoms with van der Waals surface area (Å²) in [5.74, 6) is 0.474. The summed E-state index contributed by atoms with van der Waals surface area (Å²) in [7, 11) is 1.61. The Morgan fingerprint density at radius 1 is 1.12 bits per heavy atom. The topological polar surface area (TPSA) is 84.7 Å². The Hall–Kier alpha value is -3.00. The maximum atomic E-state index is 13.5. The van der Waals surface area contributed by atoms with Crippen molar-refractivity contribution in [3.63, 3.8) is 0 Å². The van der Waals surface area contributed by atoms with Crippen LogP contribution in [0.2, 0.25) is 0 Å². The van der Waals surface area contributed by atoms with Crippen molar-refractivity contribution in [1.29, 1.82) is 0 Å². The molecule has 0 radical (unpaired) electrons. The largest absolute Gasteiger partial charge is 0.457 e. The summed E-state index contributed by atoms with van der Waals surface area (Å²) in [6.45, 7) is 7.22. The van der Waals surface area contributed by atoms with Gasteiger partial charge >= 0.3 is 5.97 Å². The molecule has 2 saturated heterocycles. The van der Waals surface area contributed by atoms with E-state index in [2.05, 4.69) is 23.8 Å². The van der Waals surface area contributed by atoms with E-state index in [0.717, 1.165) is 56.4 Å². The average molecular weight is 451 g/mol. The van der Waals surface area contributed by atoms with Crippen LogP contribution in [0, 0.1) is 12.3 Å². The maximum Gasteiger partial charge on any atom is 0.338 e. The molecule has 3 aliphatic rings. The summed E-state index contributed by atoms with van der Waals surface area (Å²) >= 11 is 0. The van der Waals surface area contributed by atoms with Crippen LogP contribution in [0.15, 0.2) is 29.1 Å². The number of hydrogen-bond acceptors (Lipinski definition) is 6. The maximum absolute atomic E-state index is 13.5. The van der Waals surface area contributed by atoms with Crippen molar-refractivity contribution in [2.24, 2.45) is 12.5 Å². The summed E-state index contributed by atoms with van der Waals surface area (Å²) in [6.07, 6.45) is 3.41. The predicted molar refractivity (Wildman–Crippen MR) is 123 cm³/mol. The fourth-order valence-corrected chi connectivity index (χ4v) is 5.72. The molecule has 8 nitrogen and oxygen atoms in total. The van der Waals surface area contributed by atoms with Gasteiger partial charge in [-0.25, -0.2) is 9.48 Å². The molecule has 174 valence electrons. The smallest absolute Gasteiger partial charge is 0.338 e. The molecule has 1 atom stereocenters. The number of aromatic nitrogens is 2. The Labute approximate surface area is 193 Å². The third-order valence-corrected chi connectivity index (χ3v) is 7.78. The number of ether oxygens (including phenoxy) is 1. The highest BCUT2D eigenvalue weighted by Gasteiger charge is 2.52. The van der Waals surface area contributed by atoms with Crippen molar-refractivity contribution in [3.05, 3.63) is 56.9 Å². The molecule has 0 unspecified atom stereocenters. The van der Waals surface area contributed by atoms with Gasteiger partial charge < -0.3 is 9.64 Å². The van der Waals surface area contributed by atoms with E-state index in [4.69, 9.17) is 4.74 Å². The first kappa shape index (κ1) is 21.8. The number of amides is 1. The molecule has 0 saturated carbocycles. The highest BCUT2D eigenvalue weighted by molar-refractivity contribution is 6.00. The number of cyclic esters (lactones) is 1. The molecule has 1 spiro atoms. The third kappa shape index (κ3) is 3.66. The zero-order chi connectivity index (χ0) is 23.3. The minimum absolute atomic E-state index is 0.0630. The molecule has 2 aromatic rings. The molecule has 0 aliphatic carbocycles. The number of benzene rings is 1. The van der Waals surface area contributed by atoms with E-state index in [1.807, 2.05) is 12.1 Å². The number of hydrogen-bond donors (Lipinski definition) is 0. The first-order valence-electron chi connectivity index (χ1n) is 11.7. The number of nitrogens with zero attached hydrogens (tertiary/aromatic N) is 4. The molecule has 1 aromatic heterocycles. The number of fused-ring (bicyclic) bond motifs is 1. The van der Waals surface area contributed by atoms with Gasteiger partial charge in [0.1, 0.15) is 6.61 Å². The molecule has 33 heavy (non-hydrogen) atoms. The van der Waals surface area contributed by atoms with Gasteiger partial charge in [-0.1, -0.05) is 6.07 Å². The van der Waals surface area contributed by atoms with Gasteiger partial charge in [-0.05, 0) is 75.9 Å². The van der Waals surface area contributed by atoms with Gasteiger partial charge in [0.25, 0.3) is 5.56 Å². The van der Waals surface area contributed by atoms with Crippen LogP contribution in [-0.4, -0.2) is 52.2 Å². The summed E-state index contributed by atoms with van der Waals surface area (Å²) in [6, 6.07) is 7.13. The lowest BCUT2D eigenvalue weighted by Crippen LogP contribution is -2.45. The van der Waals surface area contributed by atoms with Gasteiger partial charge in [0.2, 0.25) is 5.91 Å². The van der Waals surface area contributed by atoms with Crippen molar-refractivity contribution in [1.82, 2.24) is 14.7 Å². The predicted octanol–water partition coefficient (Wildman–Crippen LogP) is 2.21. The number of esters is 1. The van der Waals surface area contributed by atoms with Crippen LogP contribution in [0.3, 0.4) is 0 Å². The number of aryl methyl sites for hydroxylation is 1. The van der Waals surface area contributed by atoms with Gasteiger partial charge in [0.15, 0.2) is 5.82 Å². The van der Waals surface area contributed by atoms with Crippen LogP contribution >= 0.6 is 0 Å².